The standard InChI is InChI=1S/C15H14BrClFN/c1-15(19,11-3-6-13(17)7-4-11)9-10-2-5-12(16)8-14(10)18/h2-8H,9,19H2,1H3. The normalized spacial score (nSPS) is 14.2. The lowest BCUT2D eigenvalue weighted by atomic mass is 9.86. The van der Waals surface area contributed by atoms with Crippen molar-refractivity contribution in [1.29, 1.82) is 0 Å². The minimum absolute atomic E-state index is 0.250. The molecule has 2 rings (SSSR count). The maximum atomic E-state index is 13.9. The first-order chi connectivity index (χ1) is 8.88. The van der Waals surface area contributed by atoms with E-state index in [2.05, 4.69) is 15.9 Å². The van der Waals surface area contributed by atoms with Crippen LogP contribution in [0.25, 0.3) is 0 Å². The van der Waals surface area contributed by atoms with Crippen molar-refractivity contribution in [1.82, 2.24) is 0 Å². The molecule has 19 heavy (non-hydrogen) atoms. The topological polar surface area (TPSA) is 26.0 Å². The van der Waals surface area contributed by atoms with Crippen LogP contribution in [0.4, 0.5) is 4.39 Å². The van der Waals surface area contributed by atoms with Gasteiger partial charge in [0.25, 0.3) is 0 Å². The van der Waals surface area contributed by atoms with E-state index in [-0.39, 0.29) is 5.82 Å². The fraction of sp³-hybridized carbons (Fsp3) is 0.200. The first-order valence-electron chi connectivity index (χ1n) is 5.87. The molecule has 0 saturated carbocycles. The monoisotopic (exact) mass is 341 g/mol. The summed E-state index contributed by atoms with van der Waals surface area (Å²) in [5.74, 6) is -0.250. The van der Waals surface area contributed by atoms with E-state index in [1.54, 1.807) is 18.2 Å². The second kappa shape index (κ2) is 5.61. The lowest BCUT2D eigenvalue weighted by Crippen LogP contribution is -2.35. The van der Waals surface area contributed by atoms with Crippen molar-refractivity contribution in [2.24, 2.45) is 5.73 Å². The predicted molar refractivity (Wildman–Crippen MR) is 80.8 cm³/mol. The van der Waals surface area contributed by atoms with Crippen LogP contribution in [-0.4, -0.2) is 0 Å². The Bertz CT molecular complexity index is 581. The van der Waals surface area contributed by atoms with Crippen LogP contribution in [0.3, 0.4) is 0 Å². The van der Waals surface area contributed by atoms with Crippen LogP contribution in [0, 0.1) is 5.82 Å². The minimum Gasteiger partial charge on any atom is -0.321 e. The molecule has 0 aliphatic carbocycles. The quantitative estimate of drug-likeness (QED) is 0.862. The van der Waals surface area contributed by atoms with E-state index in [0.29, 0.717) is 17.0 Å². The van der Waals surface area contributed by atoms with E-state index in [1.165, 1.54) is 6.07 Å². The van der Waals surface area contributed by atoms with Crippen molar-refractivity contribution in [2.75, 3.05) is 0 Å². The van der Waals surface area contributed by atoms with Gasteiger partial charge in [0, 0.05) is 15.0 Å². The van der Waals surface area contributed by atoms with Gasteiger partial charge in [-0.25, -0.2) is 4.39 Å². The molecule has 0 heterocycles. The zero-order valence-corrected chi connectivity index (χ0v) is 12.8. The Morgan fingerprint density at radius 1 is 1.21 bits per heavy atom. The van der Waals surface area contributed by atoms with E-state index in [1.807, 2.05) is 25.1 Å². The van der Waals surface area contributed by atoms with Crippen molar-refractivity contribution < 1.29 is 4.39 Å². The van der Waals surface area contributed by atoms with Crippen LogP contribution in [0.1, 0.15) is 18.1 Å². The summed E-state index contributed by atoms with van der Waals surface area (Å²) < 4.78 is 14.6. The SMILES string of the molecule is CC(N)(Cc1ccc(Br)cc1F)c1ccc(Cl)cc1. The molecular weight excluding hydrogens is 329 g/mol. The van der Waals surface area contributed by atoms with Gasteiger partial charge in [-0.2, -0.15) is 0 Å². The lowest BCUT2D eigenvalue weighted by Gasteiger charge is -2.25. The Morgan fingerprint density at radius 3 is 2.42 bits per heavy atom. The Labute approximate surface area is 125 Å². The summed E-state index contributed by atoms with van der Waals surface area (Å²) >= 11 is 9.10. The molecule has 1 atom stereocenters. The van der Waals surface area contributed by atoms with Crippen molar-refractivity contribution in [3.63, 3.8) is 0 Å². The summed E-state index contributed by atoms with van der Waals surface area (Å²) in [4.78, 5) is 0. The number of hydrogen-bond acceptors (Lipinski definition) is 1. The zero-order chi connectivity index (χ0) is 14.0. The molecule has 0 aliphatic rings. The number of benzene rings is 2. The van der Waals surface area contributed by atoms with Gasteiger partial charge in [-0.05, 0) is 48.7 Å². The molecule has 0 aliphatic heterocycles. The molecule has 0 spiro atoms. The molecule has 0 saturated heterocycles. The van der Waals surface area contributed by atoms with Crippen LogP contribution in [0.15, 0.2) is 46.9 Å². The third-order valence-corrected chi connectivity index (χ3v) is 3.82. The molecule has 2 N–H and O–H groups in total. The molecule has 100 valence electrons. The zero-order valence-electron chi connectivity index (χ0n) is 10.5. The molecular formula is C15H14BrClFN. The number of hydrogen-bond donors (Lipinski definition) is 1. The molecule has 2 aromatic carbocycles. The smallest absolute Gasteiger partial charge is 0.127 e. The first kappa shape index (κ1) is 14.5. The van der Waals surface area contributed by atoms with Gasteiger partial charge < -0.3 is 5.73 Å². The summed E-state index contributed by atoms with van der Waals surface area (Å²) in [5, 5.41) is 0.661. The average Bonchev–Trinajstić information content (AvgIpc) is 2.33. The Kier molecular flexibility index (Phi) is 4.29. The van der Waals surface area contributed by atoms with Gasteiger partial charge in [-0.15, -0.1) is 0 Å². The second-order valence-corrected chi connectivity index (χ2v) is 6.19. The number of nitrogens with two attached hydrogens (primary N) is 1. The van der Waals surface area contributed by atoms with E-state index < -0.39 is 5.54 Å². The maximum Gasteiger partial charge on any atom is 0.127 e. The molecule has 0 radical (unpaired) electrons. The van der Waals surface area contributed by atoms with E-state index >= 15 is 0 Å². The van der Waals surface area contributed by atoms with Crippen LogP contribution in [0.2, 0.25) is 5.02 Å². The Hall–Kier alpha value is -0.900. The Balaban J connectivity index is 2.27. The Morgan fingerprint density at radius 2 is 1.84 bits per heavy atom. The van der Waals surface area contributed by atoms with Gasteiger partial charge in [0.05, 0.1) is 0 Å². The summed E-state index contributed by atoms with van der Waals surface area (Å²) in [5.41, 5.74) is 7.20. The summed E-state index contributed by atoms with van der Waals surface area (Å²) in [6.45, 7) is 1.89. The molecule has 1 nitrogen and oxygen atoms in total. The van der Waals surface area contributed by atoms with Gasteiger partial charge in [-0.1, -0.05) is 45.7 Å². The van der Waals surface area contributed by atoms with Crippen LogP contribution in [-0.2, 0) is 12.0 Å². The molecule has 0 aromatic heterocycles. The minimum atomic E-state index is -0.640. The first-order valence-corrected chi connectivity index (χ1v) is 7.04. The summed E-state index contributed by atoms with van der Waals surface area (Å²) in [6, 6.07) is 12.3. The average molecular weight is 343 g/mol. The van der Waals surface area contributed by atoms with E-state index in [4.69, 9.17) is 17.3 Å². The molecule has 1 unspecified atom stereocenters. The largest absolute Gasteiger partial charge is 0.321 e. The van der Waals surface area contributed by atoms with Crippen molar-refractivity contribution >= 4 is 27.5 Å². The van der Waals surface area contributed by atoms with Crippen molar-refractivity contribution in [2.45, 2.75) is 18.9 Å². The third-order valence-electron chi connectivity index (χ3n) is 3.08. The highest BCUT2D eigenvalue weighted by atomic mass is 79.9. The third kappa shape index (κ3) is 3.56. The van der Waals surface area contributed by atoms with Crippen LogP contribution < -0.4 is 5.73 Å². The highest BCUT2D eigenvalue weighted by Crippen LogP contribution is 2.26. The van der Waals surface area contributed by atoms with Crippen LogP contribution >= 0.6 is 27.5 Å². The maximum absolute atomic E-state index is 13.9. The van der Waals surface area contributed by atoms with E-state index in [0.717, 1.165) is 10.0 Å². The summed E-state index contributed by atoms with van der Waals surface area (Å²) in [7, 11) is 0. The van der Waals surface area contributed by atoms with Gasteiger partial charge in [0.1, 0.15) is 5.82 Å². The highest BCUT2D eigenvalue weighted by molar-refractivity contribution is 9.10. The van der Waals surface area contributed by atoms with Crippen molar-refractivity contribution in [3.05, 3.63) is 68.9 Å². The fourth-order valence-corrected chi connectivity index (χ4v) is 2.45. The lowest BCUT2D eigenvalue weighted by molar-refractivity contribution is 0.475. The van der Waals surface area contributed by atoms with Gasteiger partial charge in [0.15, 0.2) is 0 Å². The predicted octanol–water partition coefficient (Wildman–Crippen LogP) is 4.66. The van der Waals surface area contributed by atoms with E-state index in [9.17, 15) is 4.39 Å². The molecule has 0 fully saturated rings. The second-order valence-electron chi connectivity index (χ2n) is 4.84. The molecule has 0 amide bonds. The van der Waals surface area contributed by atoms with Crippen LogP contribution in [0.5, 0.6) is 0 Å². The van der Waals surface area contributed by atoms with Gasteiger partial charge in [0.2, 0.25) is 0 Å². The van der Waals surface area contributed by atoms with Gasteiger partial charge in [-0.3, -0.25) is 0 Å². The number of halogens is 3. The van der Waals surface area contributed by atoms with Gasteiger partial charge >= 0.3 is 0 Å². The highest BCUT2D eigenvalue weighted by Gasteiger charge is 2.23. The molecule has 2 aromatic rings. The fourth-order valence-electron chi connectivity index (χ4n) is 1.99. The molecule has 4 heteroatoms. The molecule has 0 bridgehead atoms. The summed E-state index contributed by atoms with van der Waals surface area (Å²) in [6.07, 6.45) is 0.424. The number of rotatable bonds is 3. The van der Waals surface area contributed by atoms with Crippen molar-refractivity contribution in [3.8, 4) is 0 Å².